The molecule has 0 bridgehead atoms. The maximum Gasteiger partial charge on any atom is 0.358 e. The molecule has 0 radical (unpaired) electrons. The predicted molar refractivity (Wildman–Crippen MR) is 185 cm³/mol. The highest BCUT2D eigenvalue weighted by atomic mass is 28.5. The van der Waals surface area contributed by atoms with Gasteiger partial charge in [-0.05, 0) is 47.8 Å². The molecular weight excluding hydrogens is 617 g/mol. The quantitative estimate of drug-likeness (QED) is 0.0610. The summed E-state index contributed by atoms with van der Waals surface area (Å²) in [4.78, 5) is 0. The Bertz CT molecular complexity index is 651. The lowest BCUT2D eigenvalue weighted by Crippen LogP contribution is -2.71. The molecule has 0 aromatic heterocycles. The summed E-state index contributed by atoms with van der Waals surface area (Å²) in [5, 5.41) is 0. The molecule has 0 aliphatic carbocycles. The van der Waals surface area contributed by atoms with E-state index in [0.717, 1.165) is 25.7 Å². The zero-order valence-electron chi connectivity index (χ0n) is 30.5. The third-order valence-corrected chi connectivity index (χ3v) is 27.0. The summed E-state index contributed by atoms with van der Waals surface area (Å²) in [5.74, 6) is 0. The summed E-state index contributed by atoms with van der Waals surface area (Å²) < 4.78 is 60.3. The maximum absolute atomic E-state index is 7.65. The fraction of sp³-hybridized carbons (Fsp3) is 1.00. The van der Waals surface area contributed by atoms with Crippen LogP contribution in [0.15, 0.2) is 0 Å². The average molecular weight is 687 g/mol. The normalized spacial score (nSPS) is 18.3. The second-order valence-electron chi connectivity index (χ2n) is 12.8. The number of hydrogen-bond acceptors (Lipinski definition) is 9. The highest BCUT2D eigenvalue weighted by Crippen LogP contribution is 2.41. The van der Waals surface area contributed by atoms with Crippen molar-refractivity contribution in [3.05, 3.63) is 0 Å². The molecule has 0 aliphatic heterocycles. The van der Waals surface area contributed by atoms with Crippen LogP contribution in [0.5, 0.6) is 0 Å². The molecule has 43 heavy (non-hydrogen) atoms. The predicted octanol–water partition coefficient (Wildman–Crippen LogP) is 7.60. The third kappa shape index (κ3) is 13.3. The van der Waals surface area contributed by atoms with Crippen LogP contribution in [0.4, 0.5) is 0 Å². The third-order valence-electron chi connectivity index (χ3n) is 7.85. The van der Waals surface area contributed by atoms with Gasteiger partial charge in [-0.3, -0.25) is 0 Å². The molecule has 0 rings (SSSR count). The molecular formula is C30H70O9Si4. The molecule has 260 valence electrons. The first kappa shape index (κ1) is 43.5. The molecule has 0 amide bonds. The Balaban J connectivity index is 7.25. The van der Waals surface area contributed by atoms with E-state index in [1.165, 1.54) is 0 Å². The van der Waals surface area contributed by atoms with Crippen molar-refractivity contribution in [1.29, 1.82) is 0 Å². The summed E-state index contributed by atoms with van der Waals surface area (Å²) in [6.45, 7) is 28.4. The topological polar surface area (TPSA) is 83.1 Å². The standard InChI is InChI=1S/C30H70O9Si4/c1-15-19-33-23-40(31-13,27(5)6)37-42(29(9)10,25-35-21-17-3)39-43(30(11)12,26-36-22-18-4)38-41(32-14,28(7)8)24-34-20-16-2/h27-30H,15-26H2,1-14H3. The van der Waals surface area contributed by atoms with Crippen LogP contribution in [0.2, 0.25) is 22.2 Å². The molecule has 0 spiro atoms. The first-order chi connectivity index (χ1) is 20.3. The Morgan fingerprint density at radius 1 is 0.372 bits per heavy atom. The Kier molecular flexibility index (Phi) is 22.4. The first-order valence-electron chi connectivity index (χ1n) is 16.8. The second kappa shape index (κ2) is 22.1. The van der Waals surface area contributed by atoms with E-state index in [1.54, 1.807) is 14.2 Å². The van der Waals surface area contributed by atoms with Crippen molar-refractivity contribution >= 4 is 34.2 Å². The molecule has 4 atom stereocenters. The Morgan fingerprint density at radius 3 is 0.767 bits per heavy atom. The zero-order chi connectivity index (χ0) is 33.2. The van der Waals surface area contributed by atoms with E-state index in [-0.39, 0.29) is 22.2 Å². The highest BCUT2D eigenvalue weighted by Gasteiger charge is 2.61. The van der Waals surface area contributed by atoms with Gasteiger partial charge in [0.15, 0.2) is 0 Å². The molecule has 0 N–H and O–H groups in total. The van der Waals surface area contributed by atoms with E-state index in [4.69, 9.17) is 40.1 Å². The van der Waals surface area contributed by atoms with Crippen molar-refractivity contribution in [1.82, 2.24) is 0 Å². The summed E-state index contributed by atoms with van der Waals surface area (Å²) in [7, 11) is -8.74. The second-order valence-corrected chi connectivity index (χ2v) is 28.3. The van der Waals surface area contributed by atoms with Crippen LogP contribution in [0.3, 0.4) is 0 Å². The van der Waals surface area contributed by atoms with E-state index < -0.39 is 34.2 Å². The van der Waals surface area contributed by atoms with Gasteiger partial charge in [0.1, 0.15) is 0 Å². The summed E-state index contributed by atoms with van der Waals surface area (Å²) in [5.41, 5.74) is 0.358. The fourth-order valence-electron chi connectivity index (χ4n) is 4.58. The van der Waals surface area contributed by atoms with Gasteiger partial charge in [0, 0.05) is 40.6 Å². The smallest absolute Gasteiger partial charge is 0.358 e. The van der Waals surface area contributed by atoms with Gasteiger partial charge in [-0.15, -0.1) is 0 Å². The Morgan fingerprint density at radius 2 is 0.581 bits per heavy atom. The largest absolute Gasteiger partial charge is 0.412 e. The summed E-state index contributed by atoms with van der Waals surface area (Å²) in [6, 6.07) is 0. The average Bonchev–Trinajstić information content (AvgIpc) is 2.95. The van der Waals surface area contributed by atoms with Crippen molar-refractivity contribution in [3.8, 4) is 0 Å². The van der Waals surface area contributed by atoms with Gasteiger partial charge >= 0.3 is 34.2 Å². The molecule has 4 unspecified atom stereocenters. The first-order valence-corrected chi connectivity index (χ1v) is 25.2. The van der Waals surface area contributed by atoms with Crippen molar-refractivity contribution in [3.63, 3.8) is 0 Å². The van der Waals surface area contributed by atoms with Gasteiger partial charge in [-0.1, -0.05) is 83.1 Å². The van der Waals surface area contributed by atoms with Crippen molar-refractivity contribution in [2.75, 3.05) is 65.6 Å². The van der Waals surface area contributed by atoms with Crippen LogP contribution in [0, 0.1) is 0 Å². The monoisotopic (exact) mass is 686 g/mol. The molecule has 0 fully saturated rings. The van der Waals surface area contributed by atoms with Gasteiger partial charge in [0.25, 0.3) is 0 Å². The molecule has 0 aromatic rings. The van der Waals surface area contributed by atoms with Crippen LogP contribution in [0.1, 0.15) is 109 Å². The molecule has 0 aromatic carbocycles. The number of hydrogen-bond donors (Lipinski definition) is 0. The van der Waals surface area contributed by atoms with E-state index >= 15 is 0 Å². The van der Waals surface area contributed by atoms with E-state index in [9.17, 15) is 0 Å². The maximum atomic E-state index is 7.65. The van der Waals surface area contributed by atoms with E-state index in [0.29, 0.717) is 51.3 Å². The van der Waals surface area contributed by atoms with Crippen LogP contribution in [-0.4, -0.2) is 99.8 Å². The Hall–Kier alpha value is 0.508. The highest BCUT2D eigenvalue weighted by molar-refractivity contribution is 6.91. The Labute approximate surface area is 270 Å². The molecule has 0 heterocycles. The van der Waals surface area contributed by atoms with Crippen molar-refractivity contribution in [2.45, 2.75) is 131 Å². The summed E-state index contributed by atoms with van der Waals surface area (Å²) in [6.07, 6.45) is 5.31. The molecule has 0 aliphatic rings. The molecule has 9 nitrogen and oxygen atoms in total. The van der Waals surface area contributed by atoms with Gasteiger partial charge in [0.05, 0.1) is 24.9 Å². The minimum absolute atomic E-state index is 0.0470. The van der Waals surface area contributed by atoms with Crippen LogP contribution in [0.25, 0.3) is 0 Å². The van der Waals surface area contributed by atoms with E-state index in [1.807, 2.05) is 0 Å². The molecule has 13 heteroatoms. The number of rotatable bonds is 28. The van der Waals surface area contributed by atoms with Crippen LogP contribution in [-0.2, 0) is 40.1 Å². The molecule has 0 saturated carbocycles. The van der Waals surface area contributed by atoms with Crippen LogP contribution < -0.4 is 0 Å². The minimum atomic E-state index is -3.22. The molecule has 0 saturated heterocycles. The van der Waals surface area contributed by atoms with E-state index in [2.05, 4.69) is 83.1 Å². The lowest BCUT2D eigenvalue weighted by Gasteiger charge is -2.50. The SMILES string of the molecule is CCCOC[Si](OC)(O[Si](COCCC)(O[Si](COCCC)(O[Si](COCCC)(OC)C(C)C)C(C)C)C(C)C)C(C)C. The van der Waals surface area contributed by atoms with Gasteiger partial charge < -0.3 is 40.1 Å². The lowest BCUT2D eigenvalue weighted by molar-refractivity contribution is 0.0899. The van der Waals surface area contributed by atoms with Crippen molar-refractivity contribution in [2.24, 2.45) is 0 Å². The zero-order valence-corrected chi connectivity index (χ0v) is 34.5. The minimum Gasteiger partial charge on any atom is -0.412 e. The van der Waals surface area contributed by atoms with Gasteiger partial charge in [0.2, 0.25) is 0 Å². The van der Waals surface area contributed by atoms with Crippen molar-refractivity contribution < 1.29 is 40.1 Å². The lowest BCUT2D eigenvalue weighted by atomic mass is 10.5. The van der Waals surface area contributed by atoms with Gasteiger partial charge in [-0.25, -0.2) is 0 Å². The van der Waals surface area contributed by atoms with Crippen LogP contribution >= 0.6 is 0 Å². The summed E-state index contributed by atoms with van der Waals surface area (Å²) >= 11 is 0. The fourth-order valence-corrected chi connectivity index (χ4v) is 24.6. The van der Waals surface area contributed by atoms with Gasteiger partial charge in [-0.2, -0.15) is 0 Å². The number of ether oxygens (including phenoxy) is 4.